The molecule has 5 heteroatoms. The first-order chi connectivity index (χ1) is 7.16. The molecule has 0 spiro atoms. The van der Waals surface area contributed by atoms with E-state index in [1.54, 1.807) is 31.3 Å². The van der Waals surface area contributed by atoms with Crippen molar-refractivity contribution in [1.29, 1.82) is 0 Å². The van der Waals surface area contributed by atoms with Crippen LogP contribution in [0.4, 0.5) is 0 Å². The molecule has 0 aromatic carbocycles. The lowest BCUT2D eigenvalue weighted by Gasteiger charge is -2.16. The lowest BCUT2D eigenvalue weighted by molar-refractivity contribution is 0.0744. The van der Waals surface area contributed by atoms with Crippen molar-refractivity contribution < 1.29 is 9.53 Å². The first kappa shape index (κ1) is 11.9. The van der Waals surface area contributed by atoms with Gasteiger partial charge in [-0.05, 0) is 6.07 Å². The maximum atomic E-state index is 11.8. The number of likely N-dealkylation sites (N-methyl/N-ethyl adjacent to an activating group) is 1. The van der Waals surface area contributed by atoms with Crippen molar-refractivity contribution in [3.63, 3.8) is 0 Å². The summed E-state index contributed by atoms with van der Waals surface area (Å²) in [5, 5.41) is 0.367. The minimum absolute atomic E-state index is 0.126. The lowest BCUT2D eigenvalue weighted by atomic mass is 10.2. The molecule has 0 bridgehead atoms. The molecule has 0 saturated heterocycles. The van der Waals surface area contributed by atoms with Gasteiger partial charge >= 0.3 is 0 Å². The third-order valence-corrected chi connectivity index (χ3v) is 2.28. The van der Waals surface area contributed by atoms with Gasteiger partial charge in [0.25, 0.3) is 5.91 Å². The fourth-order valence-corrected chi connectivity index (χ4v) is 1.28. The van der Waals surface area contributed by atoms with Crippen LogP contribution in [0.15, 0.2) is 18.5 Å². The zero-order chi connectivity index (χ0) is 11.3. The molecule has 0 unspecified atom stereocenters. The molecular weight excluding hydrogens is 216 g/mol. The number of nitrogens with zero attached hydrogens (tertiary/aromatic N) is 2. The van der Waals surface area contributed by atoms with Gasteiger partial charge in [0.05, 0.1) is 17.2 Å². The molecular formula is C10H13ClN2O2. The quantitative estimate of drug-likeness (QED) is 0.784. The van der Waals surface area contributed by atoms with Crippen LogP contribution < -0.4 is 0 Å². The molecule has 0 radical (unpaired) electrons. The zero-order valence-corrected chi connectivity index (χ0v) is 9.49. The Kier molecular flexibility index (Phi) is 4.52. The maximum absolute atomic E-state index is 11.8. The summed E-state index contributed by atoms with van der Waals surface area (Å²) in [5.74, 6) is -0.126. The molecule has 0 atom stereocenters. The lowest BCUT2D eigenvalue weighted by Crippen LogP contribution is -2.30. The largest absolute Gasteiger partial charge is 0.383 e. The molecule has 1 rings (SSSR count). The Hall–Kier alpha value is -1.13. The van der Waals surface area contributed by atoms with Crippen LogP contribution in [0.5, 0.6) is 0 Å². The number of hydrogen-bond donors (Lipinski definition) is 0. The molecule has 15 heavy (non-hydrogen) atoms. The van der Waals surface area contributed by atoms with Crippen molar-refractivity contribution in [3.05, 3.63) is 29.0 Å². The number of hydrogen-bond acceptors (Lipinski definition) is 3. The Bertz CT molecular complexity index is 344. The average molecular weight is 229 g/mol. The summed E-state index contributed by atoms with van der Waals surface area (Å²) in [6, 6.07) is 1.61. The minimum atomic E-state index is -0.126. The van der Waals surface area contributed by atoms with Crippen molar-refractivity contribution in [3.8, 4) is 0 Å². The normalized spacial score (nSPS) is 10.1. The van der Waals surface area contributed by atoms with E-state index in [4.69, 9.17) is 16.3 Å². The topological polar surface area (TPSA) is 42.4 Å². The van der Waals surface area contributed by atoms with E-state index >= 15 is 0 Å². The smallest absolute Gasteiger partial charge is 0.255 e. The SMILES string of the molecule is COCCN(C)C(=O)c1ccncc1Cl. The van der Waals surface area contributed by atoms with Crippen LogP contribution in [0.1, 0.15) is 10.4 Å². The van der Waals surface area contributed by atoms with Gasteiger partial charge in [0, 0.05) is 33.1 Å². The molecule has 1 aromatic heterocycles. The Morgan fingerprint density at radius 2 is 2.40 bits per heavy atom. The minimum Gasteiger partial charge on any atom is -0.383 e. The van der Waals surface area contributed by atoms with E-state index in [1.165, 1.54) is 6.20 Å². The summed E-state index contributed by atoms with van der Waals surface area (Å²) in [7, 11) is 3.30. The van der Waals surface area contributed by atoms with Crippen molar-refractivity contribution in [1.82, 2.24) is 9.88 Å². The number of amides is 1. The van der Waals surface area contributed by atoms with E-state index in [0.29, 0.717) is 23.7 Å². The number of ether oxygens (including phenoxy) is 1. The molecule has 1 aromatic rings. The van der Waals surface area contributed by atoms with Crippen LogP contribution in [0.3, 0.4) is 0 Å². The van der Waals surface area contributed by atoms with Crippen molar-refractivity contribution in [2.24, 2.45) is 0 Å². The Balaban J connectivity index is 2.72. The van der Waals surface area contributed by atoms with E-state index in [-0.39, 0.29) is 5.91 Å². The number of rotatable bonds is 4. The van der Waals surface area contributed by atoms with Crippen LogP contribution in [0, 0.1) is 0 Å². The average Bonchev–Trinajstić information content (AvgIpc) is 2.25. The number of carbonyl (C=O) groups is 1. The summed E-state index contributed by atoms with van der Waals surface area (Å²) >= 11 is 5.86. The highest BCUT2D eigenvalue weighted by Crippen LogP contribution is 2.14. The van der Waals surface area contributed by atoms with Gasteiger partial charge in [0.15, 0.2) is 0 Å². The Labute approximate surface area is 93.8 Å². The van der Waals surface area contributed by atoms with Crippen LogP contribution >= 0.6 is 11.6 Å². The van der Waals surface area contributed by atoms with Crippen molar-refractivity contribution in [2.45, 2.75) is 0 Å². The molecule has 0 aliphatic rings. The Morgan fingerprint density at radius 1 is 1.67 bits per heavy atom. The highest BCUT2D eigenvalue weighted by Gasteiger charge is 2.14. The number of pyridine rings is 1. The summed E-state index contributed by atoms with van der Waals surface area (Å²) in [6.07, 6.45) is 3.00. The molecule has 0 aliphatic carbocycles. The third-order valence-electron chi connectivity index (χ3n) is 1.98. The number of methoxy groups -OCH3 is 1. The van der Waals surface area contributed by atoms with Gasteiger partial charge in [-0.2, -0.15) is 0 Å². The molecule has 0 fully saturated rings. The van der Waals surface area contributed by atoms with E-state index in [9.17, 15) is 4.79 Å². The van der Waals surface area contributed by atoms with Crippen molar-refractivity contribution in [2.75, 3.05) is 27.3 Å². The highest BCUT2D eigenvalue weighted by atomic mass is 35.5. The second-order valence-electron chi connectivity index (χ2n) is 3.08. The molecule has 1 amide bonds. The van der Waals surface area contributed by atoms with Crippen LogP contribution in [0.25, 0.3) is 0 Å². The maximum Gasteiger partial charge on any atom is 0.255 e. The van der Waals surface area contributed by atoms with Crippen LogP contribution in [0.2, 0.25) is 5.02 Å². The molecule has 1 heterocycles. The predicted octanol–water partition coefficient (Wildman–Crippen LogP) is 1.45. The summed E-state index contributed by atoms with van der Waals surface area (Å²) in [6.45, 7) is 1.04. The van der Waals surface area contributed by atoms with Gasteiger partial charge in [-0.1, -0.05) is 11.6 Å². The summed E-state index contributed by atoms with van der Waals surface area (Å²) in [5.41, 5.74) is 0.463. The highest BCUT2D eigenvalue weighted by molar-refractivity contribution is 6.33. The second-order valence-corrected chi connectivity index (χ2v) is 3.48. The fraction of sp³-hybridized carbons (Fsp3) is 0.400. The molecule has 82 valence electrons. The van der Waals surface area contributed by atoms with Gasteiger partial charge in [-0.15, -0.1) is 0 Å². The van der Waals surface area contributed by atoms with Gasteiger partial charge < -0.3 is 9.64 Å². The summed E-state index contributed by atoms with van der Waals surface area (Å²) < 4.78 is 4.89. The molecule has 0 N–H and O–H groups in total. The molecule has 0 aliphatic heterocycles. The first-order valence-electron chi connectivity index (χ1n) is 4.50. The van der Waals surface area contributed by atoms with E-state index in [1.807, 2.05) is 0 Å². The fourth-order valence-electron chi connectivity index (χ4n) is 1.08. The third kappa shape index (κ3) is 3.18. The van der Waals surface area contributed by atoms with Gasteiger partial charge in [-0.3, -0.25) is 9.78 Å². The van der Waals surface area contributed by atoms with Gasteiger partial charge in [0.1, 0.15) is 0 Å². The van der Waals surface area contributed by atoms with E-state index in [0.717, 1.165) is 0 Å². The Morgan fingerprint density at radius 3 is 3.00 bits per heavy atom. The van der Waals surface area contributed by atoms with Crippen LogP contribution in [-0.4, -0.2) is 43.1 Å². The predicted molar refractivity (Wildman–Crippen MR) is 58.1 cm³/mol. The van der Waals surface area contributed by atoms with Gasteiger partial charge in [-0.25, -0.2) is 0 Å². The first-order valence-corrected chi connectivity index (χ1v) is 4.88. The van der Waals surface area contributed by atoms with Crippen LogP contribution in [-0.2, 0) is 4.74 Å². The molecule has 0 saturated carbocycles. The van der Waals surface area contributed by atoms with Gasteiger partial charge in [0.2, 0.25) is 0 Å². The van der Waals surface area contributed by atoms with E-state index in [2.05, 4.69) is 4.98 Å². The number of aromatic nitrogens is 1. The zero-order valence-electron chi connectivity index (χ0n) is 8.74. The summed E-state index contributed by atoms with van der Waals surface area (Å²) in [4.78, 5) is 17.2. The standard InChI is InChI=1S/C10H13ClN2O2/c1-13(5-6-15-2)10(14)8-3-4-12-7-9(8)11/h3-4,7H,5-6H2,1-2H3. The van der Waals surface area contributed by atoms with E-state index < -0.39 is 0 Å². The number of halogens is 1. The molecule has 4 nitrogen and oxygen atoms in total. The number of carbonyl (C=O) groups excluding carboxylic acids is 1. The van der Waals surface area contributed by atoms with Crippen molar-refractivity contribution >= 4 is 17.5 Å². The monoisotopic (exact) mass is 228 g/mol. The second kappa shape index (κ2) is 5.68.